The molecule has 84 valence electrons. The van der Waals surface area contributed by atoms with Crippen LogP contribution in [0.1, 0.15) is 31.7 Å². The fraction of sp³-hybridized carbons (Fsp3) is 0.400. The first-order valence-electron chi connectivity index (χ1n) is 6.14. The number of rotatable bonds is 4. The number of allylic oxidation sites excluding steroid dienone is 4. The van der Waals surface area contributed by atoms with E-state index in [0.717, 1.165) is 18.8 Å². The third-order valence-electron chi connectivity index (χ3n) is 3.24. The van der Waals surface area contributed by atoms with Gasteiger partial charge in [0.05, 0.1) is 0 Å². The Morgan fingerprint density at radius 2 is 2.06 bits per heavy atom. The number of aromatic nitrogens is 1. The van der Waals surface area contributed by atoms with Gasteiger partial charge in [-0.25, -0.2) is 0 Å². The van der Waals surface area contributed by atoms with Crippen molar-refractivity contribution < 1.29 is 0 Å². The monoisotopic (exact) mass is 213 g/mol. The van der Waals surface area contributed by atoms with E-state index in [0.29, 0.717) is 0 Å². The van der Waals surface area contributed by atoms with E-state index in [1.165, 1.54) is 24.0 Å². The summed E-state index contributed by atoms with van der Waals surface area (Å²) in [6.07, 6.45) is 15.5. The quantitative estimate of drug-likeness (QED) is 0.738. The molecule has 1 aromatic rings. The van der Waals surface area contributed by atoms with Crippen LogP contribution in [0.4, 0.5) is 0 Å². The first-order chi connectivity index (χ1) is 7.88. The normalized spacial score (nSPS) is 19.6. The van der Waals surface area contributed by atoms with Gasteiger partial charge in [0.25, 0.3) is 0 Å². The molecule has 0 N–H and O–H groups in total. The van der Waals surface area contributed by atoms with E-state index in [1.54, 1.807) is 0 Å². The van der Waals surface area contributed by atoms with Gasteiger partial charge in [0.2, 0.25) is 0 Å². The maximum atomic E-state index is 4.03. The van der Waals surface area contributed by atoms with Gasteiger partial charge < -0.3 is 0 Å². The fourth-order valence-electron chi connectivity index (χ4n) is 2.04. The predicted octanol–water partition coefficient (Wildman–Crippen LogP) is 3.93. The zero-order chi connectivity index (χ0) is 11.2. The van der Waals surface area contributed by atoms with Crippen molar-refractivity contribution in [2.45, 2.75) is 32.6 Å². The number of aryl methyl sites for hydroxylation is 1. The van der Waals surface area contributed by atoms with Gasteiger partial charge in [0.15, 0.2) is 0 Å². The van der Waals surface area contributed by atoms with Gasteiger partial charge >= 0.3 is 0 Å². The number of pyridine rings is 1. The fourth-order valence-corrected chi connectivity index (χ4v) is 2.04. The second-order valence-corrected chi connectivity index (χ2v) is 4.40. The number of hydrogen-bond acceptors (Lipinski definition) is 1. The number of nitrogens with zero attached hydrogens (tertiary/aromatic N) is 1. The minimum Gasteiger partial charge on any atom is -0.265 e. The summed E-state index contributed by atoms with van der Waals surface area (Å²) in [5.74, 6) is 0.768. The van der Waals surface area contributed by atoms with Crippen LogP contribution >= 0.6 is 0 Å². The van der Waals surface area contributed by atoms with Crippen LogP contribution in [0.5, 0.6) is 0 Å². The van der Waals surface area contributed by atoms with E-state index >= 15 is 0 Å². The lowest BCUT2D eigenvalue weighted by atomic mass is 9.92. The smallest absolute Gasteiger partial charge is 0.0270 e. The van der Waals surface area contributed by atoms with Crippen LogP contribution in [0.15, 0.2) is 48.3 Å². The second-order valence-electron chi connectivity index (χ2n) is 4.40. The second kappa shape index (κ2) is 5.64. The van der Waals surface area contributed by atoms with Gasteiger partial charge in [-0.3, -0.25) is 4.98 Å². The minimum absolute atomic E-state index is 0.768. The zero-order valence-electron chi connectivity index (χ0n) is 9.89. The lowest BCUT2D eigenvalue weighted by molar-refractivity contribution is 0.626. The van der Waals surface area contributed by atoms with Crippen LogP contribution < -0.4 is 0 Å². The molecule has 1 aliphatic carbocycles. The highest BCUT2D eigenvalue weighted by molar-refractivity contribution is 5.25. The number of hydrogen-bond donors (Lipinski definition) is 0. The summed E-state index contributed by atoms with van der Waals surface area (Å²) in [5, 5.41) is 0. The Bertz CT molecular complexity index is 376. The average Bonchev–Trinajstić information content (AvgIpc) is 2.38. The molecule has 1 atom stereocenters. The maximum absolute atomic E-state index is 4.03. The minimum atomic E-state index is 0.768. The van der Waals surface area contributed by atoms with Crippen molar-refractivity contribution in [3.05, 3.63) is 53.9 Å². The lowest BCUT2D eigenvalue weighted by Gasteiger charge is -2.14. The zero-order valence-corrected chi connectivity index (χ0v) is 9.89. The summed E-state index contributed by atoms with van der Waals surface area (Å²) >= 11 is 0. The van der Waals surface area contributed by atoms with E-state index in [2.05, 4.69) is 42.3 Å². The van der Waals surface area contributed by atoms with E-state index < -0.39 is 0 Å². The van der Waals surface area contributed by atoms with Crippen molar-refractivity contribution in [2.75, 3.05) is 0 Å². The molecule has 0 spiro atoms. The first-order valence-corrected chi connectivity index (χ1v) is 6.14. The van der Waals surface area contributed by atoms with Crippen LogP contribution in [0.3, 0.4) is 0 Å². The molecule has 0 bridgehead atoms. The Hall–Kier alpha value is -1.37. The highest BCUT2D eigenvalue weighted by Gasteiger charge is 2.06. The summed E-state index contributed by atoms with van der Waals surface area (Å²) in [6.45, 7) is 2.25. The molecule has 0 saturated carbocycles. The maximum Gasteiger partial charge on any atom is 0.0270 e. The predicted molar refractivity (Wildman–Crippen MR) is 68.2 cm³/mol. The van der Waals surface area contributed by atoms with E-state index in [1.807, 2.05) is 12.4 Å². The summed E-state index contributed by atoms with van der Waals surface area (Å²) < 4.78 is 0. The van der Waals surface area contributed by atoms with Gasteiger partial charge in [-0.1, -0.05) is 30.7 Å². The third kappa shape index (κ3) is 3.06. The van der Waals surface area contributed by atoms with Crippen molar-refractivity contribution in [3.63, 3.8) is 0 Å². The molecule has 0 aliphatic heterocycles. The van der Waals surface area contributed by atoms with Gasteiger partial charge in [-0.15, -0.1) is 0 Å². The Kier molecular flexibility index (Phi) is 3.92. The molecule has 0 fully saturated rings. The average molecular weight is 213 g/mol. The molecule has 2 rings (SSSR count). The molecule has 1 unspecified atom stereocenters. The highest BCUT2D eigenvalue weighted by atomic mass is 14.6. The Morgan fingerprint density at radius 3 is 2.69 bits per heavy atom. The molecule has 0 saturated heterocycles. The van der Waals surface area contributed by atoms with E-state index in [4.69, 9.17) is 0 Å². The largest absolute Gasteiger partial charge is 0.265 e. The highest BCUT2D eigenvalue weighted by Crippen LogP contribution is 2.21. The van der Waals surface area contributed by atoms with Crippen molar-refractivity contribution in [1.82, 2.24) is 4.98 Å². The molecule has 0 aromatic carbocycles. The van der Waals surface area contributed by atoms with Crippen LogP contribution in [-0.2, 0) is 6.42 Å². The van der Waals surface area contributed by atoms with Crippen molar-refractivity contribution in [3.8, 4) is 0 Å². The summed E-state index contributed by atoms with van der Waals surface area (Å²) in [7, 11) is 0. The standard InChI is InChI=1S/C15H19N/c1-2-13-3-5-14(6-4-13)7-8-15-9-11-16-12-10-15/h3,5-6,9-13H,2,4,7-8H2,1H3. The summed E-state index contributed by atoms with van der Waals surface area (Å²) in [4.78, 5) is 4.03. The van der Waals surface area contributed by atoms with Crippen LogP contribution in [0.2, 0.25) is 0 Å². The molecule has 0 radical (unpaired) electrons. The van der Waals surface area contributed by atoms with Gasteiger partial charge in [-0.05, 0) is 49.3 Å². The SMILES string of the molecule is CCC1C=CC(CCc2ccncc2)=CC1. The van der Waals surface area contributed by atoms with Crippen molar-refractivity contribution in [2.24, 2.45) is 5.92 Å². The third-order valence-corrected chi connectivity index (χ3v) is 3.24. The summed E-state index contributed by atoms with van der Waals surface area (Å²) in [6, 6.07) is 4.20. The molecule has 0 amide bonds. The van der Waals surface area contributed by atoms with Crippen molar-refractivity contribution in [1.29, 1.82) is 0 Å². The molecular formula is C15H19N. The van der Waals surface area contributed by atoms with Crippen LogP contribution in [-0.4, -0.2) is 4.98 Å². The van der Waals surface area contributed by atoms with Gasteiger partial charge in [0.1, 0.15) is 0 Å². The van der Waals surface area contributed by atoms with Gasteiger partial charge in [0, 0.05) is 12.4 Å². The van der Waals surface area contributed by atoms with Crippen LogP contribution in [0, 0.1) is 5.92 Å². The Labute approximate surface area is 97.9 Å². The molecule has 1 nitrogen and oxygen atoms in total. The lowest BCUT2D eigenvalue weighted by Crippen LogP contribution is -1.98. The van der Waals surface area contributed by atoms with E-state index in [-0.39, 0.29) is 0 Å². The summed E-state index contributed by atoms with van der Waals surface area (Å²) in [5.41, 5.74) is 2.86. The Balaban J connectivity index is 1.84. The van der Waals surface area contributed by atoms with E-state index in [9.17, 15) is 0 Å². The molecular weight excluding hydrogens is 194 g/mol. The molecule has 1 heteroatoms. The van der Waals surface area contributed by atoms with Crippen LogP contribution in [0.25, 0.3) is 0 Å². The topological polar surface area (TPSA) is 12.9 Å². The molecule has 1 heterocycles. The molecule has 16 heavy (non-hydrogen) atoms. The molecule has 1 aromatic heterocycles. The molecule has 1 aliphatic rings. The first kappa shape index (κ1) is 11.1. The van der Waals surface area contributed by atoms with Gasteiger partial charge in [-0.2, -0.15) is 0 Å². The Morgan fingerprint density at radius 1 is 1.25 bits per heavy atom. The van der Waals surface area contributed by atoms with Crippen molar-refractivity contribution >= 4 is 0 Å².